The van der Waals surface area contributed by atoms with Crippen LogP contribution in [0.25, 0.3) is 10.9 Å². The van der Waals surface area contributed by atoms with Crippen molar-refractivity contribution in [2.24, 2.45) is 0 Å². The van der Waals surface area contributed by atoms with Crippen LogP contribution in [0.4, 0.5) is 10.1 Å². The third kappa shape index (κ3) is 3.35. The van der Waals surface area contributed by atoms with Gasteiger partial charge in [0.05, 0.1) is 5.41 Å². The molecule has 146 valence electrons. The molecule has 1 aliphatic rings. The predicted molar refractivity (Wildman–Crippen MR) is 112 cm³/mol. The fraction of sp³-hybridized carbons (Fsp3) is 0.318. The van der Waals surface area contributed by atoms with Gasteiger partial charge in [0.25, 0.3) is 0 Å². The SMILES string of the molecule is CC(C)(C(=O)N1CCN(c2cccc(Cl)c2)CC1)c1c[nH]c2ccc(F)cc12. The van der Waals surface area contributed by atoms with E-state index in [4.69, 9.17) is 11.6 Å². The van der Waals surface area contributed by atoms with Gasteiger partial charge in [-0.3, -0.25) is 4.79 Å². The monoisotopic (exact) mass is 399 g/mol. The number of amides is 1. The van der Waals surface area contributed by atoms with Gasteiger partial charge >= 0.3 is 0 Å². The Morgan fingerprint density at radius 1 is 1.11 bits per heavy atom. The van der Waals surface area contributed by atoms with Crippen LogP contribution in [0.5, 0.6) is 0 Å². The fourth-order valence-corrected chi connectivity index (χ4v) is 4.15. The summed E-state index contributed by atoms with van der Waals surface area (Å²) in [4.78, 5) is 20.6. The number of benzene rings is 2. The zero-order valence-corrected chi connectivity index (χ0v) is 16.8. The molecule has 1 aromatic heterocycles. The molecule has 1 saturated heterocycles. The summed E-state index contributed by atoms with van der Waals surface area (Å²) in [6.45, 7) is 6.62. The van der Waals surface area contributed by atoms with E-state index in [1.54, 1.807) is 6.07 Å². The zero-order valence-electron chi connectivity index (χ0n) is 16.0. The van der Waals surface area contributed by atoms with E-state index < -0.39 is 5.41 Å². The molecule has 0 spiro atoms. The van der Waals surface area contributed by atoms with Gasteiger partial charge in [0.15, 0.2) is 0 Å². The van der Waals surface area contributed by atoms with Gasteiger partial charge in [-0.25, -0.2) is 4.39 Å². The van der Waals surface area contributed by atoms with Crippen molar-refractivity contribution in [2.45, 2.75) is 19.3 Å². The predicted octanol–water partition coefficient (Wildman–Crippen LogP) is 4.59. The molecule has 1 amide bonds. The van der Waals surface area contributed by atoms with Crippen LogP contribution in [0, 0.1) is 5.82 Å². The Bertz CT molecular complexity index is 1020. The minimum Gasteiger partial charge on any atom is -0.368 e. The third-order valence-electron chi connectivity index (χ3n) is 5.59. The molecule has 28 heavy (non-hydrogen) atoms. The summed E-state index contributed by atoms with van der Waals surface area (Å²) in [6.07, 6.45) is 1.82. The van der Waals surface area contributed by atoms with E-state index in [0.29, 0.717) is 18.1 Å². The molecule has 0 unspecified atom stereocenters. The molecule has 0 atom stereocenters. The fourth-order valence-electron chi connectivity index (χ4n) is 3.96. The van der Waals surface area contributed by atoms with Gasteiger partial charge < -0.3 is 14.8 Å². The Hall–Kier alpha value is -2.53. The Labute approximate surface area is 168 Å². The Morgan fingerprint density at radius 3 is 2.57 bits per heavy atom. The second kappa shape index (κ2) is 7.13. The lowest BCUT2D eigenvalue weighted by Crippen LogP contribution is -2.53. The van der Waals surface area contributed by atoms with Crippen LogP contribution >= 0.6 is 11.6 Å². The number of aromatic nitrogens is 1. The van der Waals surface area contributed by atoms with Gasteiger partial charge in [0, 0.05) is 54.0 Å². The largest absolute Gasteiger partial charge is 0.368 e. The molecule has 0 aliphatic carbocycles. The number of fused-ring (bicyclic) bond motifs is 1. The number of carbonyl (C=O) groups is 1. The highest BCUT2D eigenvalue weighted by Crippen LogP contribution is 2.33. The average Bonchev–Trinajstić information content (AvgIpc) is 3.11. The van der Waals surface area contributed by atoms with Crippen LogP contribution in [0.1, 0.15) is 19.4 Å². The molecule has 4 rings (SSSR count). The summed E-state index contributed by atoms with van der Waals surface area (Å²) in [7, 11) is 0. The molecule has 1 N–H and O–H groups in total. The molecule has 1 aliphatic heterocycles. The summed E-state index contributed by atoms with van der Waals surface area (Å²) in [5, 5.41) is 1.47. The third-order valence-corrected chi connectivity index (χ3v) is 5.83. The van der Waals surface area contributed by atoms with Crippen LogP contribution in [0.15, 0.2) is 48.7 Å². The molecule has 1 fully saturated rings. The molecular weight excluding hydrogens is 377 g/mol. The molecular formula is C22H23ClFN3O. The molecule has 4 nitrogen and oxygen atoms in total. The van der Waals surface area contributed by atoms with Crippen molar-refractivity contribution < 1.29 is 9.18 Å². The van der Waals surface area contributed by atoms with Crippen LogP contribution in [-0.4, -0.2) is 42.0 Å². The molecule has 3 aromatic rings. The molecule has 6 heteroatoms. The summed E-state index contributed by atoms with van der Waals surface area (Å²) >= 11 is 6.10. The van der Waals surface area contributed by atoms with Gasteiger partial charge in [0.2, 0.25) is 5.91 Å². The van der Waals surface area contributed by atoms with E-state index in [1.807, 2.05) is 49.2 Å². The van der Waals surface area contributed by atoms with Crippen LogP contribution in [0.3, 0.4) is 0 Å². The molecule has 0 bridgehead atoms. The van der Waals surface area contributed by atoms with Crippen molar-refractivity contribution in [1.82, 2.24) is 9.88 Å². The van der Waals surface area contributed by atoms with Gasteiger partial charge in [-0.05, 0) is 55.8 Å². The maximum Gasteiger partial charge on any atom is 0.232 e. The standard InChI is InChI=1S/C22H23ClFN3O/c1-22(2,19-14-25-20-7-6-16(24)13-18(19)20)21(28)27-10-8-26(9-11-27)17-5-3-4-15(23)12-17/h3-7,12-14,25H,8-11H2,1-2H3. The van der Waals surface area contributed by atoms with Crippen LogP contribution < -0.4 is 4.90 Å². The van der Waals surface area contributed by atoms with Gasteiger partial charge in [0.1, 0.15) is 5.82 Å². The summed E-state index contributed by atoms with van der Waals surface area (Å²) < 4.78 is 13.7. The first kappa shape index (κ1) is 18.8. The van der Waals surface area contributed by atoms with Crippen molar-refractivity contribution in [1.29, 1.82) is 0 Å². The van der Waals surface area contributed by atoms with E-state index in [-0.39, 0.29) is 11.7 Å². The number of hydrogen-bond donors (Lipinski definition) is 1. The second-order valence-corrected chi connectivity index (χ2v) is 8.21. The topological polar surface area (TPSA) is 39.3 Å². The van der Waals surface area contributed by atoms with E-state index in [2.05, 4.69) is 9.88 Å². The van der Waals surface area contributed by atoms with E-state index in [1.165, 1.54) is 12.1 Å². The number of hydrogen-bond acceptors (Lipinski definition) is 2. The highest BCUT2D eigenvalue weighted by molar-refractivity contribution is 6.30. The number of anilines is 1. The van der Waals surface area contributed by atoms with Crippen molar-refractivity contribution in [3.63, 3.8) is 0 Å². The zero-order chi connectivity index (χ0) is 19.9. The summed E-state index contributed by atoms with van der Waals surface area (Å²) in [5.74, 6) is -0.241. The van der Waals surface area contributed by atoms with Crippen molar-refractivity contribution >= 4 is 34.1 Å². The van der Waals surface area contributed by atoms with Crippen LogP contribution in [0.2, 0.25) is 5.02 Å². The summed E-state index contributed by atoms with van der Waals surface area (Å²) in [5.41, 5.74) is 1.99. The number of H-pyrrole nitrogens is 1. The van der Waals surface area contributed by atoms with Gasteiger partial charge in [-0.2, -0.15) is 0 Å². The highest BCUT2D eigenvalue weighted by Gasteiger charge is 2.37. The first-order valence-corrected chi connectivity index (χ1v) is 9.81. The molecule has 2 heterocycles. The number of halogens is 2. The number of rotatable bonds is 3. The number of nitrogens with zero attached hydrogens (tertiary/aromatic N) is 2. The molecule has 0 radical (unpaired) electrons. The molecule has 0 saturated carbocycles. The van der Waals surface area contributed by atoms with Gasteiger partial charge in [-0.15, -0.1) is 0 Å². The maximum atomic E-state index is 13.7. The first-order chi connectivity index (χ1) is 13.4. The second-order valence-electron chi connectivity index (χ2n) is 7.78. The van der Waals surface area contributed by atoms with Gasteiger partial charge in [-0.1, -0.05) is 17.7 Å². The lowest BCUT2D eigenvalue weighted by Gasteiger charge is -2.39. The quantitative estimate of drug-likeness (QED) is 0.699. The smallest absolute Gasteiger partial charge is 0.232 e. The van der Waals surface area contributed by atoms with E-state index in [0.717, 1.165) is 35.2 Å². The highest BCUT2D eigenvalue weighted by atomic mass is 35.5. The van der Waals surface area contributed by atoms with Crippen LogP contribution in [-0.2, 0) is 10.2 Å². The number of nitrogens with one attached hydrogen (secondary N) is 1. The number of aromatic amines is 1. The average molecular weight is 400 g/mol. The van der Waals surface area contributed by atoms with Crippen molar-refractivity contribution in [2.75, 3.05) is 31.1 Å². The lowest BCUT2D eigenvalue weighted by molar-refractivity contribution is -0.136. The summed E-state index contributed by atoms with van der Waals surface area (Å²) in [6, 6.07) is 12.4. The first-order valence-electron chi connectivity index (χ1n) is 9.43. The lowest BCUT2D eigenvalue weighted by atomic mass is 9.82. The minimum atomic E-state index is -0.746. The van der Waals surface area contributed by atoms with E-state index >= 15 is 0 Å². The van der Waals surface area contributed by atoms with E-state index in [9.17, 15) is 9.18 Å². The van der Waals surface area contributed by atoms with Crippen molar-refractivity contribution in [3.8, 4) is 0 Å². The normalized spacial score (nSPS) is 15.3. The minimum absolute atomic E-state index is 0.0587. The molecule has 2 aromatic carbocycles. The Morgan fingerprint density at radius 2 is 1.86 bits per heavy atom. The Balaban J connectivity index is 1.52. The van der Waals surface area contributed by atoms with Crippen molar-refractivity contribution in [3.05, 3.63) is 65.1 Å². The Kier molecular flexibility index (Phi) is 4.79. The number of piperazine rings is 1. The number of carbonyl (C=O) groups excluding carboxylic acids is 1. The maximum absolute atomic E-state index is 13.7.